The van der Waals surface area contributed by atoms with E-state index in [1.165, 1.54) is 17.4 Å². The molecule has 4 rings (SSSR count). The number of carbonyl (C=O) groups excluding carboxylic acids is 1. The van der Waals surface area contributed by atoms with E-state index < -0.39 is 0 Å². The van der Waals surface area contributed by atoms with Crippen LogP contribution < -0.4 is 5.56 Å². The Kier molecular flexibility index (Phi) is 3.59. The molecule has 24 heavy (non-hydrogen) atoms. The second kappa shape index (κ2) is 5.91. The summed E-state index contributed by atoms with van der Waals surface area (Å²) in [6.07, 6.45) is 0. The van der Waals surface area contributed by atoms with Gasteiger partial charge in [-0.2, -0.15) is 0 Å². The van der Waals surface area contributed by atoms with Crippen molar-refractivity contribution in [3.63, 3.8) is 0 Å². The van der Waals surface area contributed by atoms with Gasteiger partial charge in [0.2, 0.25) is 0 Å². The van der Waals surface area contributed by atoms with Crippen LogP contribution in [0.25, 0.3) is 15.9 Å². The topological polar surface area (TPSA) is 39.1 Å². The maximum absolute atomic E-state index is 12.8. The van der Waals surface area contributed by atoms with Crippen LogP contribution >= 0.6 is 11.3 Å². The van der Waals surface area contributed by atoms with Crippen LogP contribution in [0, 0.1) is 0 Å². The van der Waals surface area contributed by atoms with Crippen molar-refractivity contribution in [3.8, 4) is 5.69 Å². The van der Waals surface area contributed by atoms with E-state index in [0.717, 1.165) is 15.9 Å². The van der Waals surface area contributed by atoms with Gasteiger partial charge in [0, 0.05) is 28.0 Å². The highest BCUT2D eigenvalue weighted by atomic mass is 32.1. The number of benzene rings is 2. The molecule has 2 aromatic carbocycles. The number of ketones is 1. The largest absolute Gasteiger partial charge is 0.289 e. The number of rotatable bonds is 3. The molecule has 3 nitrogen and oxygen atoms in total. The molecule has 0 saturated carbocycles. The normalized spacial score (nSPS) is 10.8. The van der Waals surface area contributed by atoms with Crippen molar-refractivity contribution < 1.29 is 4.79 Å². The van der Waals surface area contributed by atoms with Crippen LogP contribution in [0.1, 0.15) is 15.9 Å². The van der Waals surface area contributed by atoms with Crippen LogP contribution in [-0.2, 0) is 0 Å². The number of thiophene rings is 1. The summed E-state index contributed by atoms with van der Waals surface area (Å²) in [5, 5.41) is 2.64. The molecule has 2 heterocycles. The molecule has 0 spiro atoms. The van der Waals surface area contributed by atoms with Gasteiger partial charge in [0.15, 0.2) is 5.78 Å². The summed E-state index contributed by atoms with van der Waals surface area (Å²) < 4.78 is 1.65. The minimum Gasteiger partial charge on any atom is -0.289 e. The predicted octanol–water partition coefficient (Wildman–Crippen LogP) is 4.28. The molecule has 0 atom stereocenters. The van der Waals surface area contributed by atoms with Crippen molar-refractivity contribution in [2.75, 3.05) is 0 Å². The minimum atomic E-state index is -0.103. The Morgan fingerprint density at radius 2 is 1.50 bits per heavy atom. The molecule has 0 N–H and O–H groups in total. The Bertz CT molecular complexity index is 1080. The maximum atomic E-state index is 12.8. The smallest absolute Gasteiger partial charge is 0.256 e. The third-order valence-corrected chi connectivity index (χ3v) is 4.90. The molecule has 0 radical (unpaired) electrons. The molecule has 0 fully saturated rings. The SMILES string of the molecule is O=C(c1ccccc1)c1csc2c1ccc(=O)n2-c1ccccc1. The van der Waals surface area contributed by atoms with E-state index in [4.69, 9.17) is 0 Å². The standard InChI is InChI=1S/C20H13NO2S/c22-18-12-11-16-17(19(23)14-7-3-1-4-8-14)13-24-20(16)21(18)15-9-5-2-6-10-15/h1-13H. The Balaban J connectivity index is 1.93. The number of para-hydroxylation sites is 1. The van der Waals surface area contributed by atoms with Gasteiger partial charge < -0.3 is 0 Å². The molecule has 0 aliphatic heterocycles. The van der Waals surface area contributed by atoms with Gasteiger partial charge in [-0.1, -0.05) is 48.5 Å². The van der Waals surface area contributed by atoms with E-state index in [1.807, 2.05) is 53.9 Å². The van der Waals surface area contributed by atoms with Crippen molar-refractivity contribution in [2.45, 2.75) is 0 Å². The van der Waals surface area contributed by atoms with Crippen LogP contribution in [0.3, 0.4) is 0 Å². The minimum absolute atomic E-state index is 0.0277. The molecule has 2 aromatic heterocycles. The van der Waals surface area contributed by atoms with E-state index in [0.29, 0.717) is 11.1 Å². The van der Waals surface area contributed by atoms with E-state index in [2.05, 4.69) is 0 Å². The highest BCUT2D eigenvalue weighted by Crippen LogP contribution is 2.28. The average molecular weight is 331 g/mol. The summed E-state index contributed by atoms with van der Waals surface area (Å²) in [7, 11) is 0. The zero-order valence-corrected chi connectivity index (χ0v) is 13.5. The lowest BCUT2D eigenvalue weighted by Crippen LogP contribution is -2.16. The number of hydrogen-bond donors (Lipinski definition) is 0. The van der Waals surface area contributed by atoms with E-state index >= 15 is 0 Å². The molecule has 0 saturated heterocycles. The quantitative estimate of drug-likeness (QED) is 0.526. The van der Waals surface area contributed by atoms with Crippen LogP contribution in [0.4, 0.5) is 0 Å². The molecule has 0 aliphatic carbocycles. The third kappa shape index (κ3) is 2.37. The second-order valence-electron chi connectivity index (χ2n) is 5.41. The Hall–Kier alpha value is -2.98. The average Bonchev–Trinajstić information content (AvgIpc) is 3.06. The van der Waals surface area contributed by atoms with Crippen LogP contribution in [0.5, 0.6) is 0 Å². The van der Waals surface area contributed by atoms with Gasteiger partial charge in [-0.3, -0.25) is 14.2 Å². The Labute approximate surface area is 142 Å². The van der Waals surface area contributed by atoms with Gasteiger partial charge in [0.25, 0.3) is 5.56 Å². The van der Waals surface area contributed by atoms with Crippen molar-refractivity contribution in [3.05, 3.63) is 99.7 Å². The van der Waals surface area contributed by atoms with Crippen molar-refractivity contribution >= 4 is 27.3 Å². The number of hydrogen-bond acceptors (Lipinski definition) is 3. The molecule has 0 amide bonds. The van der Waals surface area contributed by atoms with Gasteiger partial charge in [-0.15, -0.1) is 11.3 Å². The molecular weight excluding hydrogens is 318 g/mol. The van der Waals surface area contributed by atoms with Crippen molar-refractivity contribution in [2.24, 2.45) is 0 Å². The number of fused-ring (bicyclic) bond motifs is 1. The molecule has 4 heteroatoms. The molecule has 0 bridgehead atoms. The Morgan fingerprint density at radius 1 is 0.833 bits per heavy atom. The fourth-order valence-electron chi connectivity index (χ4n) is 2.76. The number of pyridine rings is 1. The molecular formula is C20H13NO2S. The fraction of sp³-hybridized carbons (Fsp3) is 0. The summed E-state index contributed by atoms with van der Waals surface area (Å²) in [5.41, 5.74) is 1.98. The lowest BCUT2D eigenvalue weighted by Gasteiger charge is -2.07. The van der Waals surface area contributed by atoms with Crippen LogP contribution in [0.15, 0.2) is 83.0 Å². The number of nitrogens with zero attached hydrogens (tertiary/aromatic N) is 1. The summed E-state index contributed by atoms with van der Waals surface area (Å²) in [5.74, 6) is -0.0277. The van der Waals surface area contributed by atoms with E-state index in [1.54, 1.807) is 22.8 Å². The zero-order chi connectivity index (χ0) is 16.5. The Morgan fingerprint density at radius 3 is 2.21 bits per heavy atom. The first-order valence-electron chi connectivity index (χ1n) is 7.54. The third-order valence-electron chi connectivity index (χ3n) is 3.92. The molecule has 4 aromatic rings. The van der Waals surface area contributed by atoms with Gasteiger partial charge in [-0.25, -0.2) is 0 Å². The van der Waals surface area contributed by atoms with Crippen molar-refractivity contribution in [1.29, 1.82) is 0 Å². The van der Waals surface area contributed by atoms with Crippen molar-refractivity contribution in [1.82, 2.24) is 4.57 Å². The van der Waals surface area contributed by atoms with Gasteiger partial charge in [0.05, 0.1) is 5.69 Å². The lowest BCUT2D eigenvalue weighted by molar-refractivity contribution is 0.104. The van der Waals surface area contributed by atoms with E-state index in [9.17, 15) is 9.59 Å². The summed E-state index contributed by atoms with van der Waals surface area (Å²) in [4.78, 5) is 25.9. The monoisotopic (exact) mass is 331 g/mol. The highest BCUT2D eigenvalue weighted by Gasteiger charge is 2.17. The number of carbonyl (C=O) groups is 1. The molecule has 0 aliphatic rings. The van der Waals surface area contributed by atoms with Crippen LogP contribution in [-0.4, -0.2) is 10.4 Å². The second-order valence-corrected chi connectivity index (χ2v) is 6.26. The maximum Gasteiger partial charge on any atom is 0.256 e. The lowest BCUT2D eigenvalue weighted by atomic mass is 10.0. The van der Waals surface area contributed by atoms with Crippen LogP contribution in [0.2, 0.25) is 0 Å². The predicted molar refractivity (Wildman–Crippen MR) is 97.3 cm³/mol. The number of aromatic nitrogens is 1. The first-order valence-corrected chi connectivity index (χ1v) is 8.42. The summed E-state index contributed by atoms with van der Waals surface area (Å²) >= 11 is 1.41. The summed E-state index contributed by atoms with van der Waals surface area (Å²) in [6, 6.07) is 21.9. The van der Waals surface area contributed by atoms with Gasteiger partial charge >= 0.3 is 0 Å². The zero-order valence-electron chi connectivity index (χ0n) is 12.7. The molecule has 0 unspecified atom stereocenters. The summed E-state index contributed by atoms with van der Waals surface area (Å²) in [6.45, 7) is 0. The fourth-order valence-corrected chi connectivity index (χ4v) is 3.83. The highest BCUT2D eigenvalue weighted by molar-refractivity contribution is 7.17. The van der Waals surface area contributed by atoms with E-state index in [-0.39, 0.29) is 11.3 Å². The first kappa shape index (κ1) is 14.6. The first-order chi connectivity index (χ1) is 11.8. The van der Waals surface area contributed by atoms with Gasteiger partial charge in [-0.05, 0) is 18.2 Å². The molecule has 116 valence electrons. The van der Waals surface area contributed by atoms with Gasteiger partial charge in [0.1, 0.15) is 4.83 Å².